The number of benzene rings is 1. The maximum absolute atomic E-state index is 12.6. The average molecular weight is 338 g/mol. The van der Waals surface area contributed by atoms with Crippen LogP contribution in [-0.4, -0.2) is 21.5 Å². The fraction of sp³-hybridized carbons (Fsp3) is 0.312. The molecule has 1 N–H and O–H groups in total. The molecule has 0 aliphatic heterocycles. The molecule has 1 aromatic heterocycles. The second-order valence-electron chi connectivity index (χ2n) is 5.53. The lowest BCUT2D eigenvalue weighted by molar-refractivity contribution is 0.205. The molecular formula is C16H17Cl2N3O. The van der Waals surface area contributed by atoms with Gasteiger partial charge < -0.3 is 14.8 Å². The van der Waals surface area contributed by atoms with Gasteiger partial charge in [0.2, 0.25) is 0 Å². The van der Waals surface area contributed by atoms with Crippen LogP contribution in [0.25, 0.3) is 0 Å². The second-order valence-corrected chi connectivity index (χ2v) is 6.34. The molecule has 0 unspecified atom stereocenters. The van der Waals surface area contributed by atoms with E-state index in [1.807, 2.05) is 34.8 Å². The number of anilines is 1. The molecule has 1 saturated carbocycles. The van der Waals surface area contributed by atoms with Crippen molar-refractivity contribution in [2.45, 2.75) is 25.4 Å². The molecule has 1 aliphatic carbocycles. The van der Waals surface area contributed by atoms with Crippen LogP contribution in [0.15, 0.2) is 36.5 Å². The van der Waals surface area contributed by atoms with Gasteiger partial charge in [0.05, 0.1) is 16.6 Å². The zero-order valence-corrected chi connectivity index (χ0v) is 13.7. The highest BCUT2D eigenvalue weighted by Gasteiger charge is 2.33. The fourth-order valence-corrected chi connectivity index (χ4v) is 2.66. The van der Waals surface area contributed by atoms with E-state index in [0.29, 0.717) is 28.3 Å². The second kappa shape index (κ2) is 6.23. The summed E-state index contributed by atoms with van der Waals surface area (Å²) >= 11 is 11.9. The number of hydrogen-bond acceptors (Lipinski definition) is 1. The summed E-state index contributed by atoms with van der Waals surface area (Å²) in [7, 11) is 1.98. The number of carbonyl (C=O) groups is 1. The molecule has 0 saturated heterocycles. The van der Waals surface area contributed by atoms with Crippen molar-refractivity contribution in [3.8, 4) is 0 Å². The quantitative estimate of drug-likeness (QED) is 0.874. The predicted molar refractivity (Wildman–Crippen MR) is 89.5 cm³/mol. The van der Waals surface area contributed by atoms with Gasteiger partial charge in [-0.25, -0.2) is 4.79 Å². The van der Waals surface area contributed by atoms with Gasteiger partial charge >= 0.3 is 6.03 Å². The minimum atomic E-state index is -0.109. The van der Waals surface area contributed by atoms with E-state index in [9.17, 15) is 4.79 Å². The van der Waals surface area contributed by atoms with E-state index in [0.717, 1.165) is 18.5 Å². The minimum Gasteiger partial charge on any atom is -0.353 e. The Morgan fingerprint density at radius 2 is 2.09 bits per heavy atom. The summed E-state index contributed by atoms with van der Waals surface area (Å²) < 4.78 is 2.03. The van der Waals surface area contributed by atoms with Gasteiger partial charge in [0.25, 0.3) is 0 Å². The van der Waals surface area contributed by atoms with Crippen molar-refractivity contribution >= 4 is 34.9 Å². The molecule has 0 radical (unpaired) electrons. The first-order chi connectivity index (χ1) is 10.5. The van der Waals surface area contributed by atoms with Gasteiger partial charge in [-0.15, -0.1) is 0 Å². The number of urea groups is 1. The highest BCUT2D eigenvalue weighted by atomic mass is 35.5. The van der Waals surface area contributed by atoms with E-state index in [1.54, 1.807) is 18.2 Å². The van der Waals surface area contributed by atoms with Crippen molar-refractivity contribution in [2.75, 3.05) is 5.32 Å². The third-order valence-electron chi connectivity index (χ3n) is 3.80. The van der Waals surface area contributed by atoms with E-state index in [1.165, 1.54) is 0 Å². The summed E-state index contributed by atoms with van der Waals surface area (Å²) in [6, 6.07) is 9.31. The maximum Gasteiger partial charge on any atom is 0.322 e. The fourth-order valence-electron chi connectivity index (χ4n) is 2.36. The summed E-state index contributed by atoms with van der Waals surface area (Å²) in [6.45, 7) is 0.599. The Kier molecular flexibility index (Phi) is 4.32. The van der Waals surface area contributed by atoms with Gasteiger partial charge in [0, 0.05) is 30.7 Å². The monoisotopic (exact) mass is 337 g/mol. The van der Waals surface area contributed by atoms with Crippen LogP contribution in [0.4, 0.5) is 10.5 Å². The van der Waals surface area contributed by atoms with Gasteiger partial charge in [0.15, 0.2) is 0 Å². The Balaban J connectivity index is 1.72. The molecule has 1 fully saturated rings. The van der Waals surface area contributed by atoms with Crippen LogP contribution in [0, 0.1) is 0 Å². The molecule has 4 nitrogen and oxygen atoms in total. The number of nitrogens with one attached hydrogen (secondary N) is 1. The van der Waals surface area contributed by atoms with Crippen LogP contribution in [0.2, 0.25) is 10.0 Å². The summed E-state index contributed by atoms with van der Waals surface area (Å²) in [6.07, 6.45) is 4.09. The van der Waals surface area contributed by atoms with Gasteiger partial charge in [0.1, 0.15) is 0 Å². The van der Waals surface area contributed by atoms with Crippen molar-refractivity contribution in [3.05, 3.63) is 52.3 Å². The molecule has 3 rings (SSSR count). The number of aryl methyl sites for hydroxylation is 1. The Bertz CT molecular complexity index is 694. The normalized spacial score (nSPS) is 14.0. The number of rotatable bonds is 4. The van der Waals surface area contributed by atoms with E-state index >= 15 is 0 Å². The first-order valence-electron chi connectivity index (χ1n) is 7.17. The first kappa shape index (κ1) is 15.3. The van der Waals surface area contributed by atoms with Gasteiger partial charge in [-0.2, -0.15) is 0 Å². The Morgan fingerprint density at radius 1 is 1.32 bits per heavy atom. The number of carbonyl (C=O) groups excluding carboxylic acids is 1. The standard InChI is InChI=1S/C16H17Cl2N3O/c1-20-8-2-3-13(20)10-21(12-5-6-12)16(22)19-11-4-7-14(17)15(18)9-11/h2-4,7-9,12H,5-6,10H2,1H3,(H,19,22). The summed E-state index contributed by atoms with van der Waals surface area (Å²) in [5, 5.41) is 3.80. The number of hydrogen-bond donors (Lipinski definition) is 1. The number of nitrogens with zero attached hydrogens (tertiary/aromatic N) is 2. The molecule has 1 aliphatic rings. The molecule has 0 bridgehead atoms. The first-order valence-corrected chi connectivity index (χ1v) is 7.93. The van der Waals surface area contributed by atoms with Gasteiger partial charge in [-0.1, -0.05) is 23.2 Å². The zero-order chi connectivity index (χ0) is 15.7. The Labute approximate surface area is 139 Å². The molecule has 22 heavy (non-hydrogen) atoms. The molecule has 2 amide bonds. The maximum atomic E-state index is 12.6. The van der Waals surface area contributed by atoms with E-state index in [2.05, 4.69) is 5.32 Å². The number of aromatic nitrogens is 1. The van der Waals surface area contributed by atoms with Crippen LogP contribution in [0.1, 0.15) is 18.5 Å². The Morgan fingerprint density at radius 3 is 2.68 bits per heavy atom. The van der Waals surface area contributed by atoms with E-state index in [4.69, 9.17) is 23.2 Å². The molecular weight excluding hydrogens is 321 g/mol. The molecule has 6 heteroatoms. The van der Waals surface area contributed by atoms with Crippen LogP contribution < -0.4 is 5.32 Å². The van der Waals surface area contributed by atoms with Crippen LogP contribution in [0.5, 0.6) is 0 Å². The summed E-state index contributed by atoms with van der Waals surface area (Å²) in [5.41, 5.74) is 1.76. The molecule has 0 atom stereocenters. The van der Waals surface area contributed by atoms with E-state index in [-0.39, 0.29) is 6.03 Å². The number of halogens is 2. The highest BCUT2D eigenvalue weighted by molar-refractivity contribution is 6.42. The van der Waals surface area contributed by atoms with Crippen molar-refractivity contribution in [2.24, 2.45) is 7.05 Å². The third-order valence-corrected chi connectivity index (χ3v) is 4.54. The van der Waals surface area contributed by atoms with Gasteiger partial charge in [-0.3, -0.25) is 0 Å². The van der Waals surface area contributed by atoms with Crippen LogP contribution >= 0.6 is 23.2 Å². The highest BCUT2D eigenvalue weighted by Crippen LogP contribution is 2.30. The summed E-state index contributed by atoms with van der Waals surface area (Å²) in [5.74, 6) is 0. The summed E-state index contributed by atoms with van der Waals surface area (Å²) in [4.78, 5) is 14.4. The molecule has 2 aromatic rings. The largest absolute Gasteiger partial charge is 0.353 e. The average Bonchev–Trinajstić information content (AvgIpc) is 3.24. The molecule has 1 heterocycles. The topological polar surface area (TPSA) is 37.3 Å². The van der Waals surface area contributed by atoms with Crippen LogP contribution in [-0.2, 0) is 13.6 Å². The molecule has 1 aromatic carbocycles. The SMILES string of the molecule is Cn1cccc1CN(C(=O)Nc1ccc(Cl)c(Cl)c1)C1CC1. The zero-order valence-electron chi connectivity index (χ0n) is 12.2. The molecule has 116 valence electrons. The lowest BCUT2D eigenvalue weighted by Crippen LogP contribution is -2.36. The third kappa shape index (κ3) is 3.39. The van der Waals surface area contributed by atoms with Crippen molar-refractivity contribution < 1.29 is 4.79 Å². The molecule has 0 spiro atoms. The van der Waals surface area contributed by atoms with Gasteiger partial charge in [-0.05, 0) is 43.2 Å². The van der Waals surface area contributed by atoms with Crippen molar-refractivity contribution in [1.82, 2.24) is 9.47 Å². The van der Waals surface area contributed by atoms with Crippen LogP contribution in [0.3, 0.4) is 0 Å². The van der Waals surface area contributed by atoms with Crippen molar-refractivity contribution in [3.63, 3.8) is 0 Å². The predicted octanol–water partition coefficient (Wildman–Crippen LogP) is 4.53. The van der Waals surface area contributed by atoms with Crippen molar-refractivity contribution in [1.29, 1.82) is 0 Å². The lowest BCUT2D eigenvalue weighted by atomic mass is 10.3. The smallest absolute Gasteiger partial charge is 0.322 e. The number of amides is 2. The lowest BCUT2D eigenvalue weighted by Gasteiger charge is -2.23. The van der Waals surface area contributed by atoms with E-state index < -0.39 is 0 Å². The Hall–Kier alpha value is -1.65. The minimum absolute atomic E-state index is 0.109.